The minimum absolute atomic E-state index is 0.134. The highest BCUT2D eigenvalue weighted by molar-refractivity contribution is 9.08. The maximum Gasteiger partial charge on any atom is 0.190 e. The molecule has 0 atom stereocenters. The molecule has 0 unspecified atom stereocenters. The van der Waals surface area contributed by atoms with Gasteiger partial charge in [0.2, 0.25) is 0 Å². The molecule has 0 spiro atoms. The Kier molecular flexibility index (Phi) is 5.20. The molecule has 2 nitrogen and oxygen atoms in total. The summed E-state index contributed by atoms with van der Waals surface area (Å²) in [6.45, 7) is 0.134. The van der Waals surface area contributed by atoms with E-state index in [1.807, 2.05) is 6.07 Å². The molecule has 16 heavy (non-hydrogen) atoms. The van der Waals surface area contributed by atoms with Crippen LogP contribution in [0.5, 0.6) is 5.75 Å². The Morgan fingerprint density at radius 3 is 2.44 bits per heavy atom. The zero-order valence-corrected chi connectivity index (χ0v) is 10.1. The average molecular weight is 290 g/mol. The third-order valence-electron chi connectivity index (χ3n) is 1.89. The molecule has 0 aliphatic heterocycles. The monoisotopic (exact) mass is 289 g/mol. The Bertz CT molecular complexity index is 380. The molecule has 0 radical (unpaired) electrons. The van der Waals surface area contributed by atoms with Gasteiger partial charge in [-0.2, -0.15) is 5.26 Å². The first-order chi connectivity index (χ1) is 7.69. The second kappa shape index (κ2) is 6.44. The SMILES string of the molecule is N#CCCCOc1c(F)cc(CBr)cc1F. The normalized spacial score (nSPS) is 9.88. The Balaban J connectivity index is 2.69. The topological polar surface area (TPSA) is 33.0 Å². The first-order valence-corrected chi connectivity index (χ1v) is 5.84. The number of ether oxygens (including phenoxy) is 1. The van der Waals surface area contributed by atoms with Gasteiger partial charge in [-0.1, -0.05) is 15.9 Å². The third-order valence-corrected chi connectivity index (χ3v) is 2.54. The lowest BCUT2D eigenvalue weighted by Gasteiger charge is -2.08. The number of rotatable bonds is 5. The quantitative estimate of drug-likeness (QED) is 0.614. The molecular weight excluding hydrogens is 280 g/mol. The lowest BCUT2D eigenvalue weighted by Crippen LogP contribution is -2.02. The Morgan fingerprint density at radius 1 is 1.31 bits per heavy atom. The largest absolute Gasteiger partial charge is 0.488 e. The molecule has 5 heteroatoms. The first kappa shape index (κ1) is 12.9. The van der Waals surface area contributed by atoms with Gasteiger partial charge in [-0.25, -0.2) is 8.78 Å². The number of benzene rings is 1. The predicted molar refractivity (Wildman–Crippen MR) is 59.3 cm³/mol. The molecule has 1 aromatic carbocycles. The molecule has 86 valence electrons. The van der Waals surface area contributed by atoms with Crippen LogP contribution < -0.4 is 4.74 Å². The van der Waals surface area contributed by atoms with Gasteiger partial charge in [-0.05, 0) is 24.1 Å². The molecule has 1 rings (SSSR count). The fraction of sp³-hybridized carbons (Fsp3) is 0.364. The maximum atomic E-state index is 13.4. The summed E-state index contributed by atoms with van der Waals surface area (Å²) >= 11 is 3.11. The van der Waals surface area contributed by atoms with Crippen molar-refractivity contribution in [2.75, 3.05) is 6.61 Å². The fourth-order valence-corrected chi connectivity index (χ4v) is 1.48. The van der Waals surface area contributed by atoms with Crippen molar-refractivity contribution in [3.63, 3.8) is 0 Å². The van der Waals surface area contributed by atoms with Gasteiger partial charge in [0.25, 0.3) is 0 Å². The van der Waals surface area contributed by atoms with E-state index in [2.05, 4.69) is 15.9 Å². The van der Waals surface area contributed by atoms with E-state index in [4.69, 9.17) is 10.00 Å². The summed E-state index contributed by atoms with van der Waals surface area (Å²) in [5, 5.41) is 8.67. The Labute approximate surface area is 101 Å². The van der Waals surface area contributed by atoms with Gasteiger partial charge < -0.3 is 4.74 Å². The molecular formula is C11H10BrF2NO. The Hall–Kier alpha value is -1.15. The van der Waals surface area contributed by atoms with E-state index >= 15 is 0 Å². The number of nitriles is 1. The van der Waals surface area contributed by atoms with Crippen LogP contribution in [0.25, 0.3) is 0 Å². The van der Waals surface area contributed by atoms with Gasteiger partial charge in [0.05, 0.1) is 12.7 Å². The predicted octanol–water partition coefficient (Wildman–Crippen LogP) is 3.54. The van der Waals surface area contributed by atoms with Gasteiger partial charge in [-0.3, -0.25) is 0 Å². The van der Waals surface area contributed by atoms with E-state index in [0.29, 0.717) is 23.7 Å². The lowest BCUT2D eigenvalue weighted by atomic mass is 10.2. The minimum Gasteiger partial charge on any atom is -0.488 e. The second-order valence-corrected chi connectivity index (χ2v) is 3.69. The number of alkyl halides is 1. The number of hydrogen-bond acceptors (Lipinski definition) is 2. The highest BCUT2D eigenvalue weighted by Crippen LogP contribution is 2.24. The summed E-state index contributed by atoms with van der Waals surface area (Å²) in [6.07, 6.45) is 0.762. The van der Waals surface area contributed by atoms with E-state index in [0.717, 1.165) is 0 Å². The van der Waals surface area contributed by atoms with Crippen LogP contribution >= 0.6 is 15.9 Å². The molecule has 0 N–H and O–H groups in total. The molecule has 0 saturated carbocycles. The molecule has 1 aromatic rings. The fourth-order valence-electron chi connectivity index (χ4n) is 1.15. The summed E-state index contributed by atoms with van der Waals surface area (Å²) < 4.78 is 31.7. The van der Waals surface area contributed by atoms with Crippen molar-refractivity contribution in [2.24, 2.45) is 0 Å². The van der Waals surface area contributed by atoms with Gasteiger partial charge in [-0.15, -0.1) is 0 Å². The molecule has 0 aromatic heterocycles. The Morgan fingerprint density at radius 2 is 1.94 bits per heavy atom. The van der Waals surface area contributed by atoms with Gasteiger partial charge in [0.15, 0.2) is 17.4 Å². The van der Waals surface area contributed by atoms with Crippen LogP contribution in [0, 0.1) is 23.0 Å². The number of nitrogens with zero attached hydrogens (tertiary/aromatic N) is 1. The number of halogens is 3. The molecule has 0 heterocycles. The van der Waals surface area contributed by atoms with Crippen LogP contribution in [-0.2, 0) is 5.33 Å². The average Bonchev–Trinajstić information content (AvgIpc) is 2.26. The molecule has 0 aliphatic rings. The van der Waals surface area contributed by atoms with Crippen LogP contribution in [-0.4, -0.2) is 6.61 Å². The molecule has 0 amide bonds. The summed E-state index contributed by atoms with van der Waals surface area (Å²) in [5.74, 6) is -1.81. The van der Waals surface area contributed by atoms with Crippen LogP contribution in [0.4, 0.5) is 8.78 Å². The van der Waals surface area contributed by atoms with Crippen LogP contribution in [0.1, 0.15) is 18.4 Å². The maximum absolute atomic E-state index is 13.4. The highest BCUT2D eigenvalue weighted by atomic mass is 79.9. The van der Waals surface area contributed by atoms with E-state index < -0.39 is 11.6 Å². The van der Waals surface area contributed by atoms with Crippen molar-refractivity contribution in [2.45, 2.75) is 18.2 Å². The van der Waals surface area contributed by atoms with E-state index in [1.165, 1.54) is 12.1 Å². The number of hydrogen-bond donors (Lipinski definition) is 0. The van der Waals surface area contributed by atoms with Crippen molar-refractivity contribution in [3.8, 4) is 11.8 Å². The van der Waals surface area contributed by atoms with Crippen molar-refractivity contribution >= 4 is 15.9 Å². The van der Waals surface area contributed by atoms with E-state index in [-0.39, 0.29) is 12.4 Å². The second-order valence-electron chi connectivity index (χ2n) is 3.13. The summed E-state index contributed by atoms with van der Waals surface area (Å²) in [6, 6.07) is 4.37. The van der Waals surface area contributed by atoms with Gasteiger partial charge >= 0.3 is 0 Å². The summed E-state index contributed by atoms with van der Waals surface area (Å²) in [4.78, 5) is 0. The molecule has 0 aliphatic carbocycles. The van der Waals surface area contributed by atoms with Crippen LogP contribution in [0.15, 0.2) is 12.1 Å². The van der Waals surface area contributed by atoms with Gasteiger partial charge in [0, 0.05) is 11.8 Å². The van der Waals surface area contributed by atoms with Crippen molar-refractivity contribution < 1.29 is 13.5 Å². The van der Waals surface area contributed by atoms with Crippen molar-refractivity contribution in [1.29, 1.82) is 5.26 Å². The molecule has 0 saturated heterocycles. The van der Waals surface area contributed by atoms with Gasteiger partial charge in [0.1, 0.15) is 0 Å². The zero-order valence-electron chi connectivity index (χ0n) is 8.47. The summed E-state index contributed by atoms with van der Waals surface area (Å²) in [5.41, 5.74) is 0.513. The number of unbranched alkanes of at least 4 members (excludes halogenated alkanes) is 1. The summed E-state index contributed by atoms with van der Waals surface area (Å²) in [7, 11) is 0. The smallest absolute Gasteiger partial charge is 0.190 e. The molecule has 0 bridgehead atoms. The minimum atomic E-state index is -0.716. The zero-order chi connectivity index (χ0) is 12.0. The van der Waals surface area contributed by atoms with Crippen LogP contribution in [0.3, 0.4) is 0 Å². The highest BCUT2D eigenvalue weighted by Gasteiger charge is 2.11. The third kappa shape index (κ3) is 3.46. The van der Waals surface area contributed by atoms with Crippen molar-refractivity contribution in [1.82, 2.24) is 0 Å². The van der Waals surface area contributed by atoms with Crippen molar-refractivity contribution in [3.05, 3.63) is 29.3 Å². The molecule has 0 fully saturated rings. The lowest BCUT2D eigenvalue weighted by molar-refractivity contribution is 0.281. The first-order valence-electron chi connectivity index (χ1n) is 4.72. The van der Waals surface area contributed by atoms with E-state index in [1.54, 1.807) is 0 Å². The van der Waals surface area contributed by atoms with E-state index in [9.17, 15) is 8.78 Å². The standard InChI is InChI=1S/C11H10BrF2NO/c12-7-8-5-9(13)11(10(14)6-8)16-4-2-1-3-15/h5-6H,1-2,4,7H2. The van der Waals surface area contributed by atoms with Crippen LogP contribution in [0.2, 0.25) is 0 Å².